The monoisotopic (exact) mass is 260 g/mol. The zero-order chi connectivity index (χ0) is 13.6. The molecule has 2 aromatic heterocycles. The van der Waals surface area contributed by atoms with Gasteiger partial charge in [0.1, 0.15) is 6.33 Å². The first-order valence-corrected chi connectivity index (χ1v) is 6.12. The van der Waals surface area contributed by atoms with Crippen molar-refractivity contribution in [3.63, 3.8) is 0 Å². The van der Waals surface area contributed by atoms with Gasteiger partial charge in [0.25, 0.3) is 0 Å². The molecule has 1 saturated heterocycles. The van der Waals surface area contributed by atoms with Crippen molar-refractivity contribution in [3.05, 3.63) is 18.7 Å². The minimum atomic E-state index is -0.142. The van der Waals surface area contributed by atoms with Crippen molar-refractivity contribution < 1.29 is 4.74 Å². The maximum Gasteiger partial charge on any atom is 0.224 e. The molecular formula is C12H16N6O. The van der Waals surface area contributed by atoms with Crippen LogP contribution in [0.3, 0.4) is 0 Å². The summed E-state index contributed by atoms with van der Waals surface area (Å²) in [5.41, 5.74) is 7.08. The van der Waals surface area contributed by atoms with Gasteiger partial charge in [-0.2, -0.15) is 9.97 Å². The van der Waals surface area contributed by atoms with E-state index in [2.05, 4.69) is 33.8 Å². The number of hydrogen-bond donors (Lipinski definition) is 2. The topological polar surface area (TPSA) is 90.9 Å². The molecule has 0 unspecified atom stereocenters. The van der Waals surface area contributed by atoms with Gasteiger partial charge in [0.2, 0.25) is 5.95 Å². The van der Waals surface area contributed by atoms with Crippen molar-refractivity contribution >= 4 is 22.9 Å². The number of fused-ring (bicyclic) bond motifs is 1. The van der Waals surface area contributed by atoms with E-state index in [0.29, 0.717) is 22.9 Å². The molecule has 7 nitrogen and oxygen atoms in total. The Morgan fingerprint density at radius 2 is 2.32 bits per heavy atom. The fraction of sp³-hybridized carbons (Fsp3) is 0.417. The third-order valence-electron chi connectivity index (χ3n) is 3.27. The van der Waals surface area contributed by atoms with E-state index in [1.54, 1.807) is 13.4 Å². The van der Waals surface area contributed by atoms with Gasteiger partial charge in [0.05, 0.1) is 5.76 Å². The summed E-state index contributed by atoms with van der Waals surface area (Å²) >= 11 is 0. The number of nitrogens with one attached hydrogen (secondary N) is 1. The second-order valence-electron chi connectivity index (χ2n) is 4.73. The van der Waals surface area contributed by atoms with Crippen LogP contribution in [0.25, 0.3) is 11.2 Å². The number of rotatable bonds is 2. The lowest BCUT2D eigenvalue weighted by Gasteiger charge is -2.16. The predicted octanol–water partition coefficient (Wildman–Crippen LogP) is 1.52. The average Bonchev–Trinajstić information content (AvgIpc) is 2.91. The van der Waals surface area contributed by atoms with Crippen LogP contribution >= 0.6 is 0 Å². The number of anilines is 2. The number of allylic oxidation sites excluding steroid dienone is 1. The number of aromatic nitrogens is 4. The van der Waals surface area contributed by atoms with Crippen molar-refractivity contribution in [3.8, 4) is 0 Å². The maximum atomic E-state index is 5.75. The molecule has 7 heteroatoms. The summed E-state index contributed by atoms with van der Waals surface area (Å²) in [4.78, 5) is 12.7. The molecule has 1 aliphatic rings. The van der Waals surface area contributed by atoms with Crippen molar-refractivity contribution in [2.24, 2.45) is 5.92 Å². The van der Waals surface area contributed by atoms with Gasteiger partial charge in [0, 0.05) is 19.4 Å². The van der Waals surface area contributed by atoms with Crippen LogP contribution in [-0.4, -0.2) is 26.6 Å². The molecule has 2 atom stereocenters. The van der Waals surface area contributed by atoms with Crippen LogP contribution in [-0.2, 0) is 4.74 Å². The van der Waals surface area contributed by atoms with Crippen LogP contribution in [0.5, 0.6) is 0 Å². The number of nitrogen functional groups attached to an aromatic ring is 1. The van der Waals surface area contributed by atoms with Gasteiger partial charge in [-0.25, -0.2) is 4.98 Å². The summed E-state index contributed by atoms with van der Waals surface area (Å²) in [7, 11) is 1.77. The molecule has 100 valence electrons. The highest BCUT2D eigenvalue weighted by atomic mass is 16.5. The minimum absolute atomic E-state index is 0.142. The van der Waals surface area contributed by atoms with Crippen LogP contribution in [0.1, 0.15) is 19.6 Å². The van der Waals surface area contributed by atoms with Gasteiger partial charge in [-0.3, -0.25) is 4.57 Å². The van der Waals surface area contributed by atoms with Crippen molar-refractivity contribution in [1.82, 2.24) is 19.5 Å². The second kappa shape index (κ2) is 4.11. The van der Waals surface area contributed by atoms with Crippen LogP contribution in [0.2, 0.25) is 0 Å². The average molecular weight is 260 g/mol. The van der Waals surface area contributed by atoms with Gasteiger partial charge in [-0.1, -0.05) is 13.5 Å². The van der Waals surface area contributed by atoms with E-state index in [4.69, 9.17) is 10.5 Å². The summed E-state index contributed by atoms with van der Waals surface area (Å²) in [6.45, 7) is 5.98. The Hall–Kier alpha value is -2.31. The molecule has 2 aromatic rings. The molecule has 0 saturated carbocycles. The fourth-order valence-electron chi connectivity index (χ4n) is 2.42. The quantitative estimate of drug-likeness (QED) is 0.850. The van der Waals surface area contributed by atoms with E-state index in [0.717, 1.165) is 12.2 Å². The number of ether oxygens (including phenoxy) is 1. The third-order valence-corrected chi connectivity index (χ3v) is 3.27. The zero-order valence-corrected chi connectivity index (χ0v) is 10.9. The number of imidazole rings is 1. The molecule has 0 radical (unpaired) electrons. The van der Waals surface area contributed by atoms with Gasteiger partial charge in [0.15, 0.2) is 23.2 Å². The molecule has 3 N–H and O–H groups in total. The lowest BCUT2D eigenvalue weighted by molar-refractivity contribution is 0.0745. The molecule has 3 heterocycles. The maximum absolute atomic E-state index is 5.75. The van der Waals surface area contributed by atoms with Crippen LogP contribution in [0, 0.1) is 5.92 Å². The number of nitrogens with zero attached hydrogens (tertiary/aromatic N) is 4. The highest BCUT2D eigenvalue weighted by Crippen LogP contribution is 2.37. The molecule has 0 aliphatic carbocycles. The molecule has 0 bridgehead atoms. The van der Waals surface area contributed by atoms with Crippen LogP contribution in [0.4, 0.5) is 11.8 Å². The standard InChI is InChI=1S/C12H16N6O/c1-6-4-7(2)19-11(6)18-5-15-8-9(14-3)16-12(13)17-10(8)18/h5-6,11H,2,4H2,1,3H3,(H3,13,14,16,17)/t6-,11+/m0/s1. The molecule has 1 aliphatic heterocycles. The van der Waals surface area contributed by atoms with E-state index in [1.165, 1.54) is 0 Å². The molecule has 0 aromatic carbocycles. The van der Waals surface area contributed by atoms with Gasteiger partial charge in [-0.15, -0.1) is 0 Å². The number of nitrogens with two attached hydrogens (primary N) is 1. The van der Waals surface area contributed by atoms with E-state index < -0.39 is 0 Å². The van der Waals surface area contributed by atoms with Crippen molar-refractivity contribution in [2.45, 2.75) is 19.6 Å². The molecule has 0 amide bonds. The smallest absolute Gasteiger partial charge is 0.224 e. The lowest BCUT2D eigenvalue weighted by atomic mass is 10.1. The Labute approximate surface area is 110 Å². The summed E-state index contributed by atoms with van der Waals surface area (Å²) in [6.07, 6.45) is 2.40. The molecule has 1 fully saturated rings. The summed E-state index contributed by atoms with van der Waals surface area (Å²) < 4.78 is 7.63. The number of hydrogen-bond acceptors (Lipinski definition) is 6. The first-order chi connectivity index (χ1) is 9.10. The Kier molecular flexibility index (Phi) is 2.55. The van der Waals surface area contributed by atoms with E-state index in [1.807, 2.05) is 4.57 Å². The fourth-order valence-corrected chi connectivity index (χ4v) is 2.42. The summed E-state index contributed by atoms with van der Waals surface area (Å²) in [5.74, 6) is 1.93. The molecule has 19 heavy (non-hydrogen) atoms. The van der Waals surface area contributed by atoms with E-state index in [-0.39, 0.29) is 12.2 Å². The first kappa shape index (κ1) is 11.8. The largest absolute Gasteiger partial charge is 0.475 e. The highest BCUT2D eigenvalue weighted by Gasteiger charge is 2.31. The molecule has 0 spiro atoms. The van der Waals surface area contributed by atoms with Gasteiger partial charge >= 0.3 is 0 Å². The minimum Gasteiger partial charge on any atom is -0.475 e. The summed E-state index contributed by atoms with van der Waals surface area (Å²) in [6, 6.07) is 0. The van der Waals surface area contributed by atoms with Gasteiger partial charge < -0.3 is 15.8 Å². The van der Waals surface area contributed by atoms with Crippen LogP contribution < -0.4 is 11.1 Å². The SMILES string of the molecule is C=C1C[C@H](C)[C@H](n2cnc3c(NC)nc(N)nc32)O1. The lowest BCUT2D eigenvalue weighted by Crippen LogP contribution is -2.13. The molecular weight excluding hydrogens is 244 g/mol. The Balaban J connectivity index is 2.15. The van der Waals surface area contributed by atoms with Crippen LogP contribution in [0.15, 0.2) is 18.7 Å². The van der Waals surface area contributed by atoms with Crippen molar-refractivity contribution in [2.75, 3.05) is 18.1 Å². The van der Waals surface area contributed by atoms with E-state index in [9.17, 15) is 0 Å². The Bertz CT molecular complexity index is 649. The normalized spacial score (nSPS) is 22.7. The van der Waals surface area contributed by atoms with E-state index >= 15 is 0 Å². The summed E-state index contributed by atoms with van der Waals surface area (Å²) in [5, 5.41) is 2.97. The zero-order valence-electron chi connectivity index (χ0n) is 10.9. The third kappa shape index (κ3) is 1.78. The van der Waals surface area contributed by atoms with Gasteiger partial charge in [-0.05, 0) is 0 Å². The Morgan fingerprint density at radius 3 is 2.95 bits per heavy atom. The molecule has 3 rings (SSSR count). The Morgan fingerprint density at radius 1 is 1.53 bits per heavy atom. The predicted molar refractivity (Wildman–Crippen MR) is 72.3 cm³/mol. The first-order valence-electron chi connectivity index (χ1n) is 6.12. The second-order valence-corrected chi connectivity index (χ2v) is 4.73. The van der Waals surface area contributed by atoms with Crippen molar-refractivity contribution in [1.29, 1.82) is 0 Å². The highest BCUT2D eigenvalue weighted by molar-refractivity contribution is 5.84.